The Morgan fingerprint density at radius 3 is 1.70 bits per heavy atom. The molecule has 0 radical (unpaired) electrons. The number of nitrogens with zero attached hydrogens (tertiary/aromatic N) is 1. The van der Waals surface area contributed by atoms with Crippen LogP contribution < -0.4 is 0 Å². The van der Waals surface area contributed by atoms with E-state index in [2.05, 4.69) is 16.8 Å². The second-order valence-corrected chi connectivity index (χ2v) is 14.3. The molecule has 1 aliphatic rings. The fourth-order valence-corrected chi connectivity index (χ4v) is 7.57. The Kier molecular flexibility index (Phi) is 16.6. The summed E-state index contributed by atoms with van der Waals surface area (Å²) in [7, 11) is 0. The van der Waals surface area contributed by atoms with Gasteiger partial charge in [-0.15, -0.1) is 0 Å². The van der Waals surface area contributed by atoms with E-state index in [1.54, 1.807) is 18.2 Å². The van der Waals surface area contributed by atoms with E-state index in [-0.39, 0.29) is 23.4 Å². The molecule has 0 aliphatic carbocycles. The van der Waals surface area contributed by atoms with Crippen LogP contribution in [-0.4, -0.2) is 32.5 Å². The molecule has 0 fully saturated rings. The number of phenols is 2. The largest absolute Gasteiger partial charge is 0.508 e. The zero-order valence-corrected chi connectivity index (χ0v) is 29.5. The summed E-state index contributed by atoms with van der Waals surface area (Å²) < 4.78 is 0. The summed E-state index contributed by atoms with van der Waals surface area (Å²) >= 11 is 0. The summed E-state index contributed by atoms with van der Waals surface area (Å²) in [4.78, 5) is 19.2. The van der Waals surface area contributed by atoms with E-state index in [9.17, 15) is 15.0 Å². The zero-order valence-electron chi connectivity index (χ0n) is 29.5. The van der Waals surface area contributed by atoms with E-state index in [4.69, 9.17) is 0 Å². The average Bonchev–Trinajstić information content (AvgIpc) is 3.44. The van der Waals surface area contributed by atoms with Gasteiger partial charge in [0, 0.05) is 29.6 Å². The van der Waals surface area contributed by atoms with Gasteiger partial charge >= 0.3 is 0 Å². The normalized spacial score (nSPS) is 14.6. The van der Waals surface area contributed by atoms with Gasteiger partial charge in [-0.1, -0.05) is 147 Å². The molecule has 1 aromatic heterocycles. The Morgan fingerprint density at radius 1 is 0.681 bits per heavy atom. The van der Waals surface area contributed by atoms with Crippen molar-refractivity contribution in [3.05, 3.63) is 59.3 Å². The number of hydrogen-bond acceptors (Lipinski definition) is 3. The number of unbranched alkanes of at least 4 members (excludes halogenated alkanes) is 20. The summed E-state index contributed by atoms with van der Waals surface area (Å²) in [6.45, 7) is 2.98. The van der Waals surface area contributed by atoms with E-state index < -0.39 is 0 Å². The molecule has 0 spiro atoms. The van der Waals surface area contributed by atoms with E-state index in [1.165, 1.54) is 128 Å². The number of amides is 1. The number of aromatic amines is 1. The smallest absolute Gasteiger partial charge is 0.223 e. The molecule has 5 nitrogen and oxygen atoms in total. The molecule has 47 heavy (non-hydrogen) atoms. The lowest BCUT2D eigenvalue weighted by Gasteiger charge is -2.36. The van der Waals surface area contributed by atoms with Gasteiger partial charge in [-0.05, 0) is 60.7 Å². The van der Waals surface area contributed by atoms with Crippen molar-refractivity contribution < 1.29 is 15.0 Å². The van der Waals surface area contributed by atoms with E-state index in [0.29, 0.717) is 19.4 Å². The van der Waals surface area contributed by atoms with Crippen LogP contribution in [0.15, 0.2) is 42.5 Å². The van der Waals surface area contributed by atoms with Gasteiger partial charge in [0.1, 0.15) is 11.5 Å². The number of aromatic nitrogens is 1. The maximum absolute atomic E-state index is 13.6. The molecule has 0 bridgehead atoms. The monoisotopic (exact) mass is 644 g/mol. The third-order valence-corrected chi connectivity index (χ3v) is 10.4. The summed E-state index contributed by atoms with van der Waals surface area (Å²) in [6, 6.07) is 12.7. The number of phenolic OH excluding ortho intramolecular Hbond substituents is 2. The van der Waals surface area contributed by atoms with Crippen LogP contribution in [0.5, 0.6) is 11.5 Å². The molecule has 0 saturated carbocycles. The molecule has 0 saturated heterocycles. The van der Waals surface area contributed by atoms with Gasteiger partial charge in [0.2, 0.25) is 5.91 Å². The first kappa shape index (κ1) is 36.9. The van der Waals surface area contributed by atoms with Crippen LogP contribution in [0.25, 0.3) is 10.9 Å². The van der Waals surface area contributed by atoms with Crippen molar-refractivity contribution in [3.63, 3.8) is 0 Å². The maximum Gasteiger partial charge on any atom is 0.223 e. The number of hydrogen-bond donors (Lipinski definition) is 3. The molecule has 260 valence electrons. The van der Waals surface area contributed by atoms with E-state index in [1.807, 2.05) is 24.3 Å². The lowest BCUT2D eigenvalue weighted by molar-refractivity contribution is -0.134. The fraction of sp³-hybridized carbons (Fsp3) is 0.643. The quantitative estimate of drug-likeness (QED) is 0.0849. The number of carbonyl (C=O) groups is 1. The molecule has 1 atom stereocenters. The van der Waals surface area contributed by atoms with Crippen LogP contribution in [0, 0.1) is 0 Å². The van der Waals surface area contributed by atoms with Crippen LogP contribution >= 0.6 is 0 Å². The van der Waals surface area contributed by atoms with E-state index in [0.717, 1.165) is 41.4 Å². The Bertz CT molecular complexity index is 1300. The molecule has 1 amide bonds. The minimum Gasteiger partial charge on any atom is -0.508 e. The Labute approximate surface area is 285 Å². The molecule has 1 aliphatic heterocycles. The number of benzene rings is 2. The minimum absolute atomic E-state index is 0.0831. The first-order valence-electron chi connectivity index (χ1n) is 19.5. The summed E-state index contributed by atoms with van der Waals surface area (Å²) in [5, 5.41) is 20.9. The van der Waals surface area contributed by atoms with Gasteiger partial charge in [0.25, 0.3) is 0 Å². The minimum atomic E-state index is -0.0831. The van der Waals surface area contributed by atoms with Gasteiger partial charge in [-0.2, -0.15) is 0 Å². The predicted octanol–water partition coefficient (Wildman–Crippen LogP) is 11.8. The van der Waals surface area contributed by atoms with Crippen LogP contribution in [0.4, 0.5) is 0 Å². The Hall–Kier alpha value is -2.95. The molecule has 3 N–H and O–H groups in total. The summed E-state index contributed by atoms with van der Waals surface area (Å²) in [5.74, 6) is 0.753. The SMILES string of the molecule is CCCCCCCCCCCCCCCCCCCCCCCC(=O)N1CCc2c([nH]c3ccc(O)cc23)[C@H]1Cc1ccc(O)cc1. The number of nitrogens with one attached hydrogen (secondary N) is 1. The molecule has 4 rings (SSSR count). The van der Waals surface area contributed by atoms with Gasteiger partial charge in [0.15, 0.2) is 0 Å². The van der Waals surface area contributed by atoms with Crippen molar-refractivity contribution in [2.45, 2.75) is 167 Å². The third-order valence-electron chi connectivity index (χ3n) is 10.4. The van der Waals surface area contributed by atoms with Crippen LogP contribution in [0.3, 0.4) is 0 Å². The number of carbonyl (C=O) groups excluding carboxylic acids is 1. The van der Waals surface area contributed by atoms with Crippen LogP contribution in [0.2, 0.25) is 0 Å². The Balaban J connectivity index is 1.06. The summed E-state index contributed by atoms with van der Waals surface area (Å²) in [6.07, 6.45) is 30.7. The van der Waals surface area contributed by atoms with Crippen molar-refractivity contribution in [1.29, 1.82) is 0 Å². The lowest BCUT2D eigenvalue weighted by atomic mass is 9.92. The Morgan fingerprint density at radius 2 is 1.17 bits per heavy atom. The molecule has 5 heteroatoms. The van der Waals surface area contributed by atoms with Crippen molar-refractivity contribution in [3.8, 4) is 11.5 Å². The highest BCUT2D eigenvalue weighted by Crippen LogP contribution is 2.38. The van der Waals surface area contributed by atoms with Crippen molar-refractivity contribution in [2.75, 3.05) is 6.54 Å². The number of rotatable bonds is 24. The van der Waals surface area contributed by atoms with Crippen molar-refractivity contribution in [1.82, 2.24) is 9.88 Å². The second-order valence-electron chi connectivity index (χ2n) is 14.3. The maximum atomic E-state index is 13.6. The molecule has 2 heterocycles. The predicted molar refractivity (Wildman–Crippen MR) is 197 cm³/mol. The topological polar surface area (TPSA) is 76.6 Å². The molecular weight excluding hydrogens is 580 g/mol. The van der Waals surface area contributed by atoms with Gasteiger partial charge in [-0.25, -0.2) is 0 Å². The highest BCUT2D eigenvalue weighted by atomic mass is 16.3. The average molecular weight is 645 g/mol. The summed E-state index contributed by atoms with van der Waals surface area (Å²) in [5.41, 5.74) is 4.38. The lowest BCUT2D eigenvalue weighted by Crippen LogP contribution is -2.41. The van der Waals surface area contributed by atoms with Crippen molar-refractivity contribution in [2.24, 2.45) is 0 Å². The molecule has 3 aromatic rings. The third kappa shape index (κ3) is 12.5. The van der Waals surface area contributed by atoms with E-state index >= 15 is 0 Å². The molecule has 2 aromatic carbocycles. The number of fused-ring (bicyclic) bond motifs is 3. The van der Waals surface area contributed by atoms with Gasteiger partial charge in [-0.3, -0.25) is 4.79 Å². The van der Waals surface area contributed by atoms with Gasteiger partial charge < -0.3 is 20.1 Å². The number of H-pyrrole nitrogens is 1. The highest BCUT2D eigenvalue weighted by Gasteiger charge is 2.33. The fourth-order valence-electron chi connectivity index (χ4n) is 7.57. The second kappa shape index (κ2) is 21.1. The molecular formula is C42H64N2O3. The highest BCUT2D eigenvalue weighted by molar-refractivity contribution is 5.87. The standard InChI is InChI=1S/C42H64N2O3/c1-2-3-4-5-6-7-8-9-10-11-12-13-14-15-16-17-18-19-20-21-22-23-41(47)44-31-30-37-38-33-36(46)28-29-39(38)43-42(37)40(44)32-34-24-26-35(45)27-25-34/h24-29,33,40,43,45-46H,2-23,30-32H2,1H3/t40-/m1/s1. The first-order valence-corrected chi connectivity index (χ1v) is 19.5. The van der Waals surface area contributed by atoms with Crippen LogP contribution in [-0.2, 0) is 17.6 Å². The number of aromatic hydroxyl groups is 2. The van der Waals surface area contributed by atoms with Crippen LogP contribution in [0.1, 0.15) is 171 Å². The van der Waals surface area contributed by atoms with Crippen molar-refractivity contribution >= 4 is 16.8 Å². The van der Waals surface area contributed by atoms with Gasteiger partial charge in [0.05, 0.1) is 6.04 Å². The molecule has 0 unspecified atom stereocenters. The zero-order chi connectivity index (χ0) is 33.1. The first-order chi connectivity index (χ1) is 23.1.